The van der Waals surface area contributed by atoms with Crippen LogP contribution in [0, 0.1) is 16.7 Å². The van der Waals surface area contributed by atoms with Gasteiger partial charge in [0.05, 0.1) is 11.3 Å². The molecular weight excluding hydrogens is 391 g/mol. The van der Waals surface area contributed by atoms with E-state index in [2.05, 4.69) is 10.7 Å². The summed E-state index contributed by atoms with van der Waals surface area (Å²) in [5, 5.41) is 10.8. The van der Waals surface area contributed by atoms with Crippen LogP contribution in [-0.4, -0.2) is 60.4 Å². The first-order valence-electron chi connectivity index (χ1n) is 9.22. The van der Waals surface area contributed by atoms with Gasteiger partial charge in [-0.1, -0.05) is 12.2 Å². The van der Waals surface area contributed by atoms with Gasteiger partial charge in [-0.2, -0.15) is 13.2 Å². The number of hydrogen-bond acceptors (Lipinski definition) is 6. The van der Waals surface area contributed by atoms with Crippen molar-refractivity contribution in [3.8, 4) is 0 Å². The van der Waals surface area contributed by atoms with Crippen molar-refractivity contribution in [1.29, 1.82) is 5.41 Å². The van der Waals surface area contributed by atoms with Crippen molar-refractivity contribution in [3.05, 3.63) is 23.5 Å². The number of fused-ring (bicyclic) bond motifs is 1. The maximum Gasteiger partial charge on any atom is 0.422 e. The molecule has 0 bridgehead atoms. The SMILES string of the molecule is CCNC(=O)C(=N)C12C=CC1C(=O)N(C[C@@]1(NN)CC(C)=C1OCC(F)(F)F)C2. The van der Waals surface area contributed by atoms with E-state index >= 15 is 0 Å². The molecule has 2 aliphatic carbocycles. The molecule has 3 aliphatic rings. The number of hydrogen-bond donors (Lipinski definition) is 4. The molecule has 2 unspecified atom stereocenters. The Morgan fingerprint density at radius 3 is 2.66 bits per heavy atom. The number of nitrogens with zero attached hydrogens (tertiary/aromatic N) is 1. The lowest BCUT2D eigenvalue weighted by molar-refractivity contribution is -0.170. The lowest BCUT2D eigenvalue weighted by Gasteiger charge is -2.45. The highest BCUT2D eigenvalue weighted by atomic mass is 19.4. The molecule has 1 saturated heterocycles. The Balaban J connectivity index is 1.76. The van der Waals surface area contributed by atoms with E-state index < -0.39 is 35.6 Å². The van der Waals surface area contributed by atoms with Gasteiger partial charge in [-0.3, -0.25) is 20.8 Å². The fraction of sp³-hybridized carbons (Fsp3) is 0.611. The third kappa shape index (κ3) is 3.42. The molecule has 3 rings (SSSR count). The minimum Gasteiger partial charge on any atom is -0.486 e. The summed E-state index contributed by atoms with van der Waals surface area (Å²) in [6.45, 7) is 2.34. The Morgan fingerprint density at radius 1 is 1.48 bits per heavy atom. The van der Waals surface area contributed by atoms with Crippen molar-refractivity contribution < 1.29 is 27.5 Å². The second-order valence-corrected chi connectivity index (χ2v) is 7.72. The van der Waals surface area contributed by atoms with Crippen molar-refractivity contribution >= 4 is 17.5 Å². The third-order valence-electron chi connectivity index (χ3n) is 5.71. The minimum atomic E-state index is -4.50. The van der Waals surface area contributed by atoms with Crippen LogP contribution in [0.4, 0.5) is 13.2 Å². The Labute approximate surface area is 165 Å². The number of rotatable bonds is 8. The predicted octanol–water partition coefficient (Wildman–Crippen LogP) is 0.616. The van der Waals surface area contributed by atoms with Crippen LogP contribution in [0.15, 0.2) is 23.5 Å². The van der Waals surface area contributed by atoms with Crippen molar-refractivity contribution in [2.24, 2.45) is 17.2 Å². The van der Waals surface area contributed by atoms with Crippen LogP contribution in [0.3, 0.4) is 0 Å². The monoisotopic (exact) mass is 415 g/mol. The topological polar surface area (TPSA) is 121 Å². The highest BCUT2D eigenvalue weighted by molar-refractivity contribution is 6.41. The van der Waals surface area contributed by atoms with Crippen LogP contribution in [0.25, 0.3) is 0 Å². The molecule has 0 aromatic heterocycles. The lowest BCUT2D eigenvalue weighted by atomic mass is 9.65. The Bertz CT molecular complexity index is 809. The third-order valence-corrected chi connectivity index (χ3v) is 5.71. The summed E-state index contributed by atoms with van der Waals surface area (Å²) in [6, 6.07) is 0. The molecule has 0 aromatic carbocycles. The number of carbonyl (C=O) groups is 2. The molecule has 0 aromatic rings. The van der Waals surface area contributed by atoms with Crippen LogP contribution in [-0.2, 0) is 14.3 Å². The van der Waals surface area contributed by atoms with Gasteiger partial charge in [0.25, 0.3) is 5.91 Å². The van der Waals surface area contributed by atoms with Crippen LogP contribution in [0.2, 0.25) is 0 Å². The molecule has 1 heterocycles. The highest BCUT2D eigenvalue weighted by Gasteiger charge is 2.60. The Morgan fingerprint density at radius 2 is 2.17 bits per heavy atom. The number of nitrogens with one attached hydrogen (secondary N) is 3. The summed E-state index contributed by atoms with van der Waals surface area (Å²) < 4.78 is 42.7. The maximum absolute atomic E-state index is 12.8. The fourth-order valence-corrected chi connectivity index (χ4v) is 4.33. The number of likely N-dealkylation sites (tertiary alicyclic amines) is 1. The summed E-state index contributed by atoms with van der Waals surface area (Å²) in [5.74, 6) is 4.24. The smallest absolute Gasteiger partial charge is 0.422 e. The summed E-state index contributed by atoms with van der Waals surface area (Å²) in [4.78, 5) is 26.4. The van der Waals surface area contributed by atoms with Gasteiger partial charge in [0.2, 0.25) is 5.91 Å². The number of amides is 2. The van der Waals surface area contributed by atoms with Crippen LogP contribution < -0.4 is 16.6 Å². The normalized spacial score (nSPS) is 30.6. The van der Waals surface area contributed by atoms with E-state index in [0.717, 1.165) is 0 Å². The highest BCUT2D eigenvalue weighted by Crippen LogP contribution is 2.49. The zero-order chi connectivity index (χ0) is 21.6. The first-order valence-corrected chi connectivity index (χ1v) is 9.22. The van der Waals surface area contributed by atoms with Crippen molar-refractivity contribution in [2.45, 2.75) is 32.0 Å². The number of nitrogens with two attached hydrogens (primary N) is 1. The average Bonchev–Trinajstić information content (AvgIpc) is 2.78. The van der Waals surface area contributed by atoms with E-state index in [4.69, 9.17) is 16.0 Å². The molecule has 1 aliphatic heterocycles. The van der Waals surface area contributed by atoms with E-state index in [0.29, 0.717) is 18.5 Å². The zero-order valence-corrected chi connectivity index (χ0v) is 16.2. The molecule has 3 atom stereocenters. The summed E-state index contributed by atoms with van der Waals surface area (Å²) in [7, 11) is 0. The molecule has 11 heteroatoms. The van der Waals surface area contributed by atoms with E-state index in [1.165, 1.54) is 4.90 Å². The van der Waals surface area contributed by atoms with E-state index in [1.54, 1.807) is 26.0 Å². The van der Waals surface area contributed by atoms with Crippen LogP contribution >= 0.6 is 0 Å². The first kappa shape index (κ1) is 21.3. The molecular formula is C18H24F3N5O3. The molecule has 0 radical (unpaired) electrons. The Hall–Kier alpha value is -2.40. The Kier molecular flexibility index (Phi) is 5.24. The molecule has 0 spiro atoms. The molecule has 0 saturated carbocycles. The van der Waals surface area contributed by atoms with Crippen molar-refractivity contribution in [3.63, 3.8) is 0 Å². The quantitative estimate of drug-likeness (QED) is 0.200. The predicted molar refractivity (Wildman–Crippen MR) is 97.4 cm³/mol. The van der Waals surface area contributed by atoms with Gasteiger partial charge < -0.3 is 15.0 Å². The molecule has 160 valence electrons. The van der Waals surface area contributed by atoms with Crippen LogP contribution in [0.1, 0.15) is 20.3 Å². The number of carbonyl (C=O) groups excluding carboxylic acids is 2. The van der Waals surface area contributed by atoms with Gasteiger partial charge in [0.15, 0.2) is 6.61 Å². The summed E-state index contributed by atoms with van der Waals surface area (Å²) >= 11 is 0. The standard InChI is InChI=1S/C18H24F3N5O3/c1-3-24-14(27)12(22)16-5-4-11(16)15(28)26(7-16)8-17(25-23)6-10(2)13(17)29-9-18(19,20)21/h4-5,11,22,25H,3,6-9,23H2,1-2H3,(H,24,27)/t11?,16?,17-/m0/s1. The van der Waals surface area contributed by atoms with E-state index in [9.17, 15) is 22.8 Å². The summed E-state index contributed by atoms with van der Waals surface area (Å²) in [6.07, 6.45) is -0.874. The van der Waals surface area contributed by atoms with Gasteiger partial charge >= 0.3 is 6.18 Å². The van der Waals surface area contributed by atoms with Crippen LogP contribution in [0.5, 0.6) is 0 Å². The maximum atomic E-state index is 12.8. The van der Waals surface area contributed by atoms with E-state index in [1.807, 2.05) is 0 Å². The number of alkyl halides is 3. The molecule has 2 amide bonds. The number of ether oxygens (including phenoxy) is 1. The fourth-order valence-electron chi connectivity index (χ4n) is 4.33. The largest absolute Gasteiger partial charge is 0.486 e. The van der Waals surface area contributed by atoms with E-state index in [-0.39, 0.29) is 30.5 Å². The van der Waals surface area contributed by atoms with Gasteiger partial charge in [0, 0.05) is 26.1 Å². The zero-order valence-electron chi connectivity index (χ0n) is 16.2. The molecule has 29 heavy (non-hydrogen) atoms. The van der Waals surface area contributed by atoms with Gasteiger partial charge in [-0.25, -0.2) is 5.43 Å². The second-order valence-electron chi connectivity index (χ2n) is 7.72. The molecule has 8 nitrogen and oxygen atoms in total. The summed E-state index contributed by atoms with van der Waals surface area (Å²) in [5.41, 5.74) is 0.768. The van der Waals surface area contributed by atoms with Crippen molar-refractivity contribution in [2.75, 3.05) is 26.2 Å². The lowest BCUT2D eigenvalue weighted by Crippen LogP contribution is -2.63. The number of hydrazine groups is 1. The molecule has 5 N–H and O–H groups in total. The van der Waals surface area contributed by atoms with Crippen molar-refractivity contribution in [1.82, 2.24) is 15.6 Å². The first-order chi connectivity index (χ1) is 13.5. The van der Waals surface area contributed by atoms with Gasteiger partial charge in [-0.05, 0) is 19.4 Å². The van der Waals surface area contributed by atoms with Gasteiger partial charge in [-0.15, -0.1) is 0 Å². The number of halogens is 3. The minimum absolute atomic E-state index is 0.0184. The molecule has 1 fully saturated rings. The second kappa shape index (κ2) is 7.13. The van der Waals surface area contributed by atoms with Gasteiger partial charge in [0.1, 0.15) is 17.0 Å². The average molecular weight is 415 g/mol.